The van der Waals surface area contributed by atoms with E-state index in [-0.39, 0.29) is 24.5 Å². The monoisotopic (exact) mass is 396 g/mol. The van der Waals surface area contributed by atoms with Crippen LogP contribution in [0.2, 0.25) is 0 Å². The number of amides is 2. The summed E-state index contributed by atoms with van der Waals surface area (Å²) in [6.07, 6.45) is 1.48. The Morgan fingerprint density at radius 1 is 0.966 bits per heavy atom. The first-order valence-electron chi connectivity index (χ1n) is 10.1. The fourth-order valence-corrected chi connectivity index (χ4v) is 3.32. The molecule has 2 aromatic rings. The van der Waals surface area contributed by atoms with Gasteiger partial charge in [-0.3, -0.25) is 9.59 Å². The van der Waals surface area contributed by atoms with E-state index >= 15 is 0 Å². The van der Waals surface area contributed by atoms with Gasteiger partial charge in [0, 0.05) is 24.7 Å². The molecule has 0 saturated carbocycles. The zero-order valence-electron chi connectivity index (χ0n) is 17.0. The number of carbonyl (C=O) groups excluding carboxylic acids is 2. The first kappa shape index (κ1) is 20.7. The highest BCUT2D eigenvalue weighted by Crippen LogP contribution is 2.18. The number of hydrogen-bond donors (Lipinski definition) is 1. The van der Waals surface area contributed by atoms with Crippen molar-refractivity contribution in [3.8, 4) is 11.5 Å². The number of ether oxygens (including phenoxy) is 2. The number of aryl methyl sites for hydroxylation is 1. The van der Waals surface area contributed by atoms with Crippen LogP contribution in [0.3, 0.4) is 0 Å². The SMILES string of the molecule is CCOc1ccc(OCC(=O)NC2CCN(C(=O)c3ccc(C)cc3)CC2)cc1. The molecule has 0 atom stereocenters. The van der Waals surface area contributed by atoms with Crippen LogP contribution < -0.4 is 14.8 Å². The molecular formula is C23H28N2O4. The Bertz CT molecular complexity index is 810. The molecule has 0 aromatic heterocycles. The Morgan fingerprint density at radius 2 is 1.55 bits per heavy atom. The summed E-state index contributed by atoms with van der Waals surface area (Å²) in [7, 11) is 0. The normalized spacial score (nSPS) is 14.3. The standard InChI is InChI=1S/C23H28N2O4/c1-3-28-20-8-10-21(11-9-20)29-16-22(26)24-19-12-14-25(15-13-19)23(27)18-6-4-17(2)5-7-18/h4-11,19H,3,12-16H2,1-2H3,(H,24,26). The van der Waals surface area contributed by atoms with Gasteiger partial charge in [0.25, 0.3) is 11.8 Å². The van der Waals surface area contributed by atoms with Gasteiger partial charge in [-0.2, -0.15) is 0 Å². The maximum atomic E-state index is 12.6. The number of hydrogen-bond acceptors (Lipinski definition) is 4. The maximum Gasteiger partial charge on any atom is 0.258 e. The molecular weight excluding hydrogens is 368 g/mol. The van der Waals surface area contributed by atoms with Gasteiger partial charge in [-0.25, -0.2) is 0 Å². The summed E-state index contributed by atoms with van der Waals surface area (Å²) in [6, 6.07) is 14.9. The third-order valence-corrected chi connectivity index (χ3v) is 4.95. The summed E-state index contributed by atoms with van der Waals surface area (Å²) in [5, 5.41) is 3.00. The molecule has 0 radical (unpaired) electrons. The van der Waals surface area contributed by atoms with Gasteiger partial charge in [0.2, 0.25) is 0 Å². The van der Waals surface area contributed by atoms with E-state index in [9.17, 15) is 9.59 Å². The highest BCUT2D eigenvalue weighted by Gasteiger charge is 2.24. The first-order valence-corrected chi connectivity index (χ1v) is 10.1. The summed E-state index contributed by atoms with van der Waals surface area (Å²) in [4.78, 5) is 26.6. The lowest BCUT2D eigenvalue weighted by Gasteiger charge is -2.32. The van der Waals surface area contributed by atoms with Crippen LogP contribution in [0.25, 0.3) is 0 Å². The Kier molecular flexibility index (Phi) is 7.11. The highest BCUT2D eigenvalue weighted by atomic mass is 16.5. The summed E-state index contributed by atoms with van der Waals surface area (Å²) in [5.74, 6) is 1.30. The quantitative estimate of drug-likeness (QED) is 0.780. The van der Waals surface area contributed by atoms with Crippen molar-refractivity contribution in [2.45, 2.75) is 32.7 Å². The molecule has 0 unspecified atom stereocenters. The predicted octanol–water partition coefficient (Wildman–Crippen LogP) is 3.19. The smallest absolute Gasteiger partial charge is 0.258 e. The van der Waals surface area contributed by atoms with Gasteiger partial charge >= 0.3 is 0 Å². The highest BCUT2D eigenvalue weighted by molar-refractivity contribution is 5.94. The second kappa shape index (κ2) is 9.96. The molecule has 29 heavy (non-hydrogen) atoms. The lowest BCUT2D eigenvalue weighted by molar-refractivity contribution is -0.124. The molecule has 1 aliphatic heterocycles. The van der Waals surface area contributed by atoms with E-state index in [1.165, 1.54) is 0 Å². The van der Waals surface area contributed by atoms with E-state index in [0.717, 1.165) is 24.2 Å². The van der Waals surface area contributed by atoms with Crippen LogP contribution in [0, 0.1) is 6.92 Å². The minimum absolute atomic E-state index is 0.0313. The van der Waals surface area contributed by atoms with E-state index in [0.29, 0.717) is 31.0 Å². The van der Waals surface area contributed by atoms with Crippen LogP contribution in [0.4, 0.5) is 0 Å². The topological polar surface area (TPSA) is 67.9 Å². The number of carbonyl (C=O) groups is 2. The molecule has 6 nitrogen and oxygen atoms in total. The third-order valence-electron chi connectivity index (χ3n) is 4.95. The third kappa shape index (κ3) is 5.98. The molecule has 1 fully saturated rings. The Labute approximate surface area is 171 Å². The summed E-state index contributed by atoms with van der Waals surface area (Å²) in [5.41, 5.74) is 1.84. The number of piperidine rings is 1. The van der Waals surface area contributed by atoms with Gasteiger partial charge in [-0.15, -0.1) is 0 Å². The van der Waals surface area contributed by atoms with Crippen molar-refractivity contribution in [3.63, 3.8) is 0 Å². The van der Waals surface area contributed by atoms with Crippen LogP contribution in [-0.4, -0.2) is 49.1 Å². The van der Waals surface area contributed by atoms with Crippen molar-refractivity contribution >= 4 is 11.8 Å². The van der Waals surface area contributed by atoms with Crippen molar-refractivity contribution in [2.75, 3.05) is 26.3 Å². The molecule has 154 valence electrons. The largest absolute Gasteiger partial charge is 0.494 e. The fourth-order valence-electron chi connectivity index (χ4n) is 3.32. The summed E-state index contributed by atoms with van der Waals surface area (Å²) < 4.78 is 10.9. The minimum atomic E-state index is -0.151. The predicted molar refractivity (Wildman–Crippen MR) is 111 cm³/mol. The van der Waals surface area contributed by atoms with Gasteiger partial charge in [0.15, 0.2) is 6.61 Å². The molecule has 3 rings (SSSR count). The molecule has 6 heteroatoms. The van der Waals surface area contributed by atoms with Crippen molar-refractivity contribution in [1.82, 2.24) is 10.2 Å². The minimum Gasteiger partial charge on any atom is -0.494 e. The van der Waals surface area contributed by atoms with Crippen LogP contribution in [0.15, 0.2) is 48.5 Å². The van der Waals surface area contributed by atoms with Crippen molar-refractivity contribution < 1.29 is 19.1 Å². The molecule has 1 N–H and O–H groups in total. The van der Waals surface area contributed by atoms with E-state index in [1.807, 2.05) is 55.1 Å². The van der Waals surface area contributed by atoms with Crippen molar-refractivity contribution in [1.29, 1.82) is 0 Å². The molecule has 0 bridgehead atoms. The maximum absolute atomic E-state index is 12.6. The van der Waals surface area contributed by atoms with Crippen LogP contribution in [0.5, 0.6) is 11.5 Å². The lowest BCUT2D eigenvalue weighted by atomic mass is 10.0. The van der Waals surface area contributed by atoms with E-state index < -0.39 is 0 Å². The van der Waals surface area contributed by atoms with Crippen LogP contribution in [-0.2, 0) is 4.79 Å². The van der Waals surface area contributed by atoms with Gasteiger partial charge in [-0.05, 0) is 63.1 Å². The Morgan fingerprint density at radius 3 is 2.14 bits per heavy atom. The van der Waals surface area contributed by atoms with E-state index in [1.54, 1.807) is 12.1 Å². The lowest BCUT2D eigenvalue weighted by Crippen LogP contribution is -2.47. The number of rotatable bonds is 7. The zero-order valence-corrected chi connectivity index (χ0v) is 17.0. The first-order chi connectivity index (χ1) is 14.0. The number of benzene rings is 2. The molecule has 1 heterocycles. The average molecular weight is 396 g/mol. The number of likely N-dealkylation sites (tertiary alicyclic amines) is 1. The molecule has 0 spiro atoms. The fraction of sp³-hybridized carbons (Fsp3) is 0.391. The molecule has 1 saturated heterocycles. The summed E-state index contributed by atoms with van der Waals surface area (Å²) >= 11 is 0. The average Bonchev–Trinajstić information content (AvgIpc) is 2.74. The second-order valence-corrected chi connectivity index (χ2v) is 7.19. The zero-order chi connectivity index (χ0) is 20.6. The molecule has 1 aliphatic rings. The van der Waals surface area contributed by atoms with Crippen LogP contribution in [0.1, 0.15) is 35.7 Å². The van der Waals surface area contributed by atoms with E-state index in [4.69, 9.17) is 9.47 Å². The second-order valence-electron chi connectivity index (χ2n) is 7.19. The molecule has 2 aromatic carbocycles. The van der Waals surface area contributed by atoms with Crippen molar-refractivity contribution in [2.24, 2.45) is 0 Å². The molecule has 0 aliphatic carbocycles. The Balaban J connectivity index is 1.40. The van der Waals surface area contributed by atoms with Gasteiger partial charge in [0.05, 0.1) is 6.61 Å². The van der Waals surface area contributed by atoms with E-state index in [2.05, 4.69) is 5.32 Å². The van der Waals surface area contributed by atoms with Gasteiger partial charge in [0.1, 0.15) is 11.5 Å². The van der Waals surface area contributed by atoms with Crippen molar-refractivity contribution in [3.05, 3.63) is 59.7 Å². The Hall–Kier alpha value is -3.02. The number of nitrogens with one attached hydrogen (secondary N) is 1. The molecule has 2 amide bonds. The summed E-state index contributed by atoms with van der Waals surface area (Å²) in [6.45, 7) is 5.78. The van der Waals surface area contributed by atoms with Gasteiger partial charge in [-0.1, -0.05) is 17.7 Å². The van der Waals surface area contributed by atoms with Gasteiger partial charge < -0.3 is 19.7 Å². The number of nitrogens with zero attached hydrogens (tertiary/aromatic N) is 1. The van der Waals surface area contributed by atoms with Crippen LogP contribution >= 0.6 is 0 Å².